The van der Waals surface area contributed by atoms with Crippen LogP contribution in [-0.2, 0) is 0 Å². The summed E-state index contributed by atoms with van der Waals surface area (Å²) in [6.07, 6.45) is 5.09. The largest absolute Gasteiger partial charge is 0.389 e. The molecule has 3 nitrogen and oxygen atoms in total. The van der Waals surface area contributed by atoms with Gasteiger partial charge in [0.25, 0.3) is 0 Å². The fraction of sp³-hybridized carbons (Fsp3) is 1.00. The molecule has 2 saturated heterocycles. The third-order valence-corrected chi connectivity index (χ3v) is 3.71. The SMILES string of the molecule is CC1(O)CCN(CCN2CCCCC2)C1. The van der Waals surface area contributed by atoms with Gasteiger partial charge in [0, 0.05) is 26.2 Å². The summed E-state index contributed by atoms with van der Waals surface area (Å²) in [5, 5.41) is 9.85. The molecule has 2 aliphatic rings. The maximum atomic E-state index is 9.85. The molecule has 1 atom stereocenters. The van der Waals surface area contributed by atoms with Gasteiger partial charge in [-0.05, 0) is 39.3 Å². The van der Waals surface area contributed by atoms with Crippen LogP contribution in [0.4, 0.5) is 0 Å². The Hall–Kier alpha value is -0.120. The zero-order valence-corrected chi connectivity index (χ0v) is 9.91. The van der Waals surface area contributed by atoms with E-state index in [0.717, 1.165) is 26.1 Å². The Morgan fingerprint density at radius 3 is 2.27 bits per heavy atom. The Labute approximate surface area is 93.1 Å². The molecule has 0 aromatic heterocycles. The lowest BCUT2D eigenvalue weighted by Gasteiger charge is -2.28. The van der Waals surface area contributed by atoms with E-state index in [9.17, 15) is 5.11 Å². The highest BCUT2D eigenvalue weighted by molar-refractivity contribution is 4.86. The second kappa shape index (κ2) is 4.81. The van der Waals surface area contributed by atoms with Gasteiger partial charge >= 0.3 is 0 Å². The van der Waals surface area contributed by atoms with Crippen LogP contribution in [0.25, 0.3) is 0 Å². The van der Waals surface area contributed by atoms with Crippen LogP contribution in [-0.4, -0.2) is 59.8 Å². The molecule has 1 unspecified atom stereocenters. The van der Waals surface area contributed by atoms with E-state index >= 15 is 0 Å². The second-order valence-corrected chi connectivity index (χ2v) is 5.43. The van der Waals surface area contributed by atoms with Crippen LogP contribution in [0, 0.1) is 0 Å². The van der Waals surface area contributed by atoms with Gasteiger partial charge in [0.2, 0.25) is 0 Å². The third kappa shape index (κ3) is 3.44. The molecular formula is C12H24N2O. The molecule has 3 heteroatoms. The average Bonchev–Trinajstić information content (AvgIpc) is 2.57. The molecule has 1 N–H and O–H groups in total. The van der Waals surface area contributed by atoms with Crippen LogP contribution in [0.5, 0.6) is 0 Å². The highest BCUT2D eigenvalue weighted by Crippen LogP contribution is 2.19. The van der Waals surface area contributed by atoms with Crippen LogP contribution in [0.15, 0.2) is 0 Å². The second-order valence-electron chi connectivity index (χ2n) is 5.43. The van der Waals surface area contributed by atoms with Gasteiger partial charge in [0.1, 0.15) is 0 Å². The lowest BCUT2D eigenvalue weighted by atomic mass is 10.1. The van der Waals surface area contributed by atoms with Crippen molar-refractivity contribution in [2.24, 2.45) is 0 Å². The van der Waals surface area contributed by atoms with Crippen LogP contribution < -0.4 is 0 Å². The van der Waals surface area contributed by atoms with Crippen molar-refractivity contribution in [3.05, 3.63) is 0 Å². The van der Waals surface area contributed by atoms with Crippen molar-refractivity contribution in [1.29, 1.82) is 0 Å². The highest BCUT2D eigenvalue weighted by Gasteiger charge is 2.30. The standard InChI is InChI=1S/C12H24N2O/c1-12(15)5-8-14(11-12)10-9-13-6-3-2-4-7-13/h15H,2-11H2,1H3. The number of likely N-dealkylation sites (tertiary alicyclic amines) is 2. The maximum absolute atomic E-state index is 9.85. The number of hydrogen-bond acceptors (Lipinski definition) is 3. The van der Waals surface area contributed by atoms with Gasteiger partial charge in [-0.2, -0.15) is 0 Å². The topological polar surface area (TPSA) is 26.7 Å². The van der Waals surface area contributed by atoms with Gasteiger partial charge < -0.3 is 10.0 Å². The first-order chi connectivity index (χ1) is 7.16. The predicted octanol–water partition coefficient (Wildman–Crippen LogP) is 0.929. The highest BCUT2D eigenvalue weighted by atomic mass is 16.3. The predicted molar refractivity (Wildman–Crippen MR) is 62.0 cm³/mol. The van der Waals surface area contributed by atoms with Crippen LogP contribution in [0.3, 0.4) is 0 Å². The van der Waals surface area contributed by atoms with E-state index in [1.54, 1.807) is 0 Å². The van der Waals surface area contributed by atoms with E-state index in [1.807, 2.05) is 6.92 Å². The summed E-state index contributed by atoms with van der Waals surface area (Å²) in [5.74, 6) is 0. The molecule has 2 aliphatic heterocycles. The monoisotopic (exact) mass is 212 g/mol. The number of nitrogens with zero attached hydrogens (tertiary/aromatic N) is 2. The van der Waals surface area contributed by atoms with E-state index in [2.05, 4.69) is 9.80 Å². The summed E-state index contributed by atoms with van der Waals surface area (Å²) < 4.78 is 0. The Balaban J connectivity index is 1.65. The minimum absolute atomic E-state index is 0.429. The summed E-state index contributed by atoms with van der Waals surface area (Å²) in [4.78, 5) is 4.96. The number of piperidine rings is 1. The molecule has 2 fully saturated rings. The van der Waals surface area contributed by atoms with Crippen molar-refractivity contribution in [3.63, 3.8) is 0 Å². The van der Waals surface area contributed by atoms with Gasteiger partial charge in [0.05, 0.1) is 5.60 Å². The lowest BCUT2D eigenvalue weighted by molar-refractivity contribution is 0.0668. The minimum atomic E-state index is -0.429. The first-order valence-corrected chi connectivity index (χ1v) is 6.33. The first kappa shape index (κ1) is 11.4. The van der Waals surface area contributed by atoms with Crippen molar-refractivity contribution in [3.8, 4) is 0 Å². The molecule has 0 spiro atoms. The van der Waals surface area contributed by atoms with Gasteiger partial charge in [-0.1, -0.05) is 6.42 Å². The van der Waals surface area contributed by atoms with E-state index < -0.39 is 5.60 Å². The lowest BCUT2D eigenvalue weighted by Crippen LogP contribution is -2.38. The molecule has 2 heterocycles. The Morgan fingerprint density at radius 2 is 1.67 bits per heavy atom. The maximum Gasteiger partial charge on any atom is 0.0758 e. The third-order valence-electron chi connectivity index (χ3n) is 3.71. The number of β-amino-alcohol motifs (C(OH)–C–C–N with tert-alkyl or cyclic N) is 1. The van der Waals surface area contributed by atoms with Crippen molar-refractivity contribution < 1.29 is 5.11 Å². The van der Waals surface area contributed by atoms with Crippen LogP contribution >= 0.6 is 0 Å². The Morgan fingerprint density at radius 1 is 1.00 bits per heavy atom. The molecule has 0 aromatic carbocycles. The quantitative estimate of drug-likeness (QED) is 0.754. The number of aliphatic hydroxyl groups is 1. The normalized spacial score (nSPS) is 34.8. The molecule has 0 bridgehead atoms. The summed E-state index contributed by atoms with van der Waals surface area (Å²) >= 11 is 0. The molecule has 0 amide bonds. The van der Waals surface area contributed by atoms with Crippen molar-refractivity contribution >= 4 is 0 Å². The molecule has 0 radical (unpaired) electrons. The Bertz CT molecular complexity index is 200. The smallest absolute Gasteiger partial charge is 0.0758 e. The first-order valence-electron chi connectivity index (χ1n) is 6.33. The summed E-state index contributed by atoms with van der Waals surface area (Å²) in [6.45, 7) is 8.77. The van der Waals surface area contributed by atoms with E-state index in [-0.39, 0.29) is 0 Å². The molecular weight excluding hydrogens is 188 g/mol. The van der Waals surface area contributed by atoms with Crippen LogP contribution in [0.1, 0.15) is 32.6 Å². The fourth-order valence-electron chi connectivity index (χ4n) is 2.70. The number of hydrogen-bond donors (Lipinski definition) is 1. The molecule has 0 aliphatic carbocycles. The van der Waals surface area contributed by atoms with Gasteiger partial charge in [-0.25, -0.2) is 0 Å². The molecule has 0 aromatic rings. The fourth-order valence-corrected chi connectivity index (χ4v) is 2.70. The summed E-state index contributed by atoms with van der Waals surface area (Å²) in [7, 11) is 0. The van der Waals surface area contributed by atoms with Gasteiger partial charge in [-0.15, -0.1) is 0 Å². The summed E-state index contributed by atoms with van der Waals surface area (Å²) in [5.41, 5.74) is -0.429. The number of rotatable bonds is 3. The molecule has 88 valence electrons. The van der Waals surface area contributed by atoms with E-state index in [0.29, 0.717) is 0 Å². The Kier molecular flexibility index (Phi) is 3.65. The van der Waals surface area contributed by atoms with Gasteiger partial charge in [0.15, 0.2) is 0 Å². The molecule has 0 saturated carbocycles. The van der Waals surface area contributed by atoms with Crippen molar-refractivity contribution in [1.82, 2.24) is 9.80 Å². The van der Waals surface area contributed by atoms with Crippen molar-refractivity contribution in [2.45, 2.75) is 38.2 Å². The van der Waals surface area contributed by atoms with Crippen LogP contribution in [0.2, 0.25) is 0 Å². The van der Waals surface area contributed by atoms with Crippen molar-refractivity contribution in [2.75, 3.05) is 39.3 Å². The minimum Gasteiger partial charge on any atom is -0.389 e. The summed E-state index contributed by atoms with van der Waals surface area (Å²) in [6, 6.07) is 0. The van der Waals surface area contributed by atoms with E-state index in [4.69, 9.17) is 0 Å². The zero-order chi connectivity index (χ0) is 10.7. The van der Waals surface area contributed by atoms with Gasteiger partial charge in [-0.3, -0.25) is 4.90 Å². The average molecular weight is 212 g/mol. The molecule has 2 rings (SSSR count). The zero-order valence-electron chi connectivity index (χ0n) is 9.91. The van der Waals surface area contributed by atoms with E-state index in [1.165, 1.54) is 38.9 Å². The molecule has 15 heavy (non-hydrogen) atoms.